The first-order valence-electron chi connectivity index (χ1n) is 9.32. The minimum atomic E-state index is -0.465. The minimum Gasteiger partial charge on any atom is -0.357 e. The zero-order valence-electron chi connectivity index (χ0n) is 16.2. The van der Waals surface area contributed by atoms with E-state index in [0.717, 1.165) is 16.9 Å². The van der Waals surface area contributed by atoms with E-state index in [0.29, 0.717) is 18.4 Å². The van der Waals surface area contributed by atoms with Gasteiger partial charge in [0, 0.05) is 23.0 Å². The summed E-state index contributed by atoms with van der Waals surface area (Å²) in [5.74, 6) is 0.347. The summed E-state index contributed by atoms with van der Waals surface area (Å²) in [4.78, 5) is 14.7. The topological polar surface area (TPSA) is 93.1 Å². The van der Waals surface area contributed by atoms with Crippen LogP contribution >= 0.6 is 0 Å². The van der Waals surface area contributed by atoms with Gasteiger partial charge < -0.3 is 4.98 Å². The molecule has 0 saturated heterocycles. The van der Waals surface area contributed by atoms with Crippen molar-refractivity contribution in [1.82, 2.24) is 15.5 Å². The maximum absolute atomic E-state index is 11.2. The number of nitrogens with zero attached hydrogens (tertiary/aromatic N) is 3. The number of fused-ring (bicyclic) bond motifs is 1. The molecule has 27 heavy (non-hydrogen) atoms. The Labute approximate surface area is 159 Å². The number of benzene rings is 1. The zero-order chi connectivity index (χ0) is 19.6. The minimum absolute atomic E-state index is 0.0567. The molecule has 1 amide bonds. The highest BCUT2D eigenvalue weighted by Gasteiger charge is 2.28. The maximum atomic E-state index is 11.2. The van der Waals surface area contributed by atoms with Gasteiger partial charge in [0.05, 0.1) is 18.3 Å². The first-order valence-corrected chi connectivity index (χ1v) is 9.32. The Morgan fingerprint density at radius 2 is 2.11 bits per heavy atom. The Bertz CT molecular complexity index is 882. The normalized spacial score (nSPS) is 16.9. The quantitative estimate of drug-likeness (QED) is 0.519. The summed E-state index contributed by atoms with van der Waals surface area (Å²) in [7, 11) is 0. The van der Waals surface area contributed by atoms with E-state index in [4.69, 9.17) is 5.21 Å². The van der Waals surface area contributed by atoms with E-state index in [-0.39, 0.29) is 12.5 Å². The second-order valence-corrected chi connectivity index (χ2v) is 7.64. The third-order valence-corrected chi connectivity index (χ3v) is 4.86. The lowest BCUT2D eigenvalue weighted by molar-refractivity contribution is -0.128. The third kappa shape index (κ3) is 4.19. The van der Waals surface area contributed by atoms with Gasteiger partial charge in [0.25, 0.3) is 0 Å². The van der Waals surface area contributed by atoms with E-state index in [1.165, 1.54) is 10.9 Å². The number of H-pyrrole nitrogens is 1. The summed E-state index contributed by atoms with van der Waals surface area (Å²) in [6.45, 7) is 9.24. The molecule has 0 fully saturated rings. The Hall–Kier alpha value is -2.67. The molecule has 0 aliphatic carbocycles. The van der Waals surface area contributed by atoms with Gasteiger partial charge in [-0.2, -0.15) is 0 Å². The van der Waals surface area contributed by atoms with Gasteiger partial charge in [-0.25, -0.2) is 5.48 Å². The van der Waals surface area contributed by atoms with Crippen molar-refractivity contribution in [3.05, 3.63) is 47.3 Å². The monoisotopic (exact) mass is 369 g/mol. The molecule has 1 unspecified atom stereocenters. The van der Waals surface area contributed by atoms with Crippen molar-refractivity contribution in [2.45, 2.75) is 46.1 Å². The van der Waals surface area contributed by atoms with Crippen LogP contribution in [0.2, 0.25) is 0 Å². The summed E-state index contributed by atoms with van der Waals surface area (Å²) >= 11 is 0. The van der Waals surface area contributed by atoms with Gasteiger partial charge in [-0.1, -0.05) is 39.0 Å². The molecule has 2 aromatic rings. The van der Waals surface area contributed by atoms with Gasteiger partial charge in [-0.05, 0) is 41.7 Å². The lowest BCUT2D eigenvalue weighted by Gasteiger charge is -2.27. The fourth-order valence-corrected chi connectivity index (χ4v) is 3.42. The van der Waals surface area contributed by atoms with E-state index in [9.17, 15) is 4.79 Å². The van der Waals surface area contributed by atoms with Crippen molar-refractivity contribution in [2.24, 2.45) is 16.3 Å². The summed E-state index contributed by atoms with van der Waals surface area (Å²) < 4.78 is 0. The molecule has 1 atom stereocenters. The molecule has 7 nitrogen and oxygen atoms in total. The van der Waals surface area contributed by atoms with Crippen molar-refractivity contribution >= 4 is 16.8 Å². The molecule has 1 aliphatic heterocycles. The van der Waals surface area contributed by atoms with Gasteiger partial charge in [-0.3, -0.25) is 15.0 Å². The van der Waals surface area contributed by atoms with E-state index in [2.05, 4.69) is 67.3 Å². The molecule has 0 bridgehead atoms. The van der Waals surface area contributed by atoms with Crippen LogP contribution in [-0.2, 0) is 4.79 Å². The highest BCUT2D eigenvalue weighted by molar-refractivity contribution is 5.81. The highest BCUT2D eigenvalue weighted by Crippen LogP contribution is 2.34. The van der Waals surface area contributed by atoms with Crippen LogP contribution in [-0.4, -0.2) is 27.7 Å². The fraction of sp³-hybridized carbons (Fsp3) is 0.450. The van der Waals surface area contributed by atoms with Crippen molar-refractivity contribution in [2.75, 3.05) is 6.54 Å². The first-order chi connectivity index (χ1) is 12.9. The number of hydroxylamine groups is 1. The summed E-state index contributed by atoms with van der Waals surface area (Å²) in [5.41, 5.74) is 5.89. The predicted octanol–water partition coefficient (Wildman–Crippen LogP) is 4.45. The van der Waals surface area contributed by atoms with Crippen LogP contribution in [0.15, 0.2) is 46.4 Å². The number of nitrogens with one attached hydrogen (secondary N) is 2. The van der Waals surface area contributed by atoms with Gasteiger partial charge in [0.2, 0.25) is 5.91 Å². The van der Waals surface area contributed by atoms with E-state index < -0.39 is 5.91 Å². The molecule has 1 aliphatic rings. The van der Waals surface area contributed by atoms with Gasteiger partial charge >= 0.3 is 0 Å². The Morgan fingerprint density at radius 3 is 2.78 bits per heavy atom. The number of rotatable bonds is 6. The Balaban J connectivity index is 1.83. The standard InChI is InChI=1S/C20H27N5O2/c1-12(2)14-5-7-17-15(9-14)10-18(21-17)20(13(3)4)25-11-16(22-24-25)6-8-19(26)23-27/h5-7,9-10,12-13,20-21,27H,8,11H2,1-4H3,(H,23,26)/b16-6-. The van der Waals surface area contributed by atoms with Crippen LogP contribution in [0.3, 0.4) is 0 Å². The largest absolute Gasteiger partial charge is 0.357 e. The Morgan fingerprint density at radius 1 is 1.33 bits per heavy atom. The lowest BCUT2D eigenvalue weighted by Crippen LogP contribution is -2.26. The number of carbonyl (C=O) groups is 1. The van der Waals surface area contributed by atoms with Crippen molar-refractivity contribution < 1.29 is 10.0 Å². The van der Waals surface area contributed by atoms with Crippen LogP contribution < -0.4 is 5.48 Å². The number of hydrogen-bond donors (Lipinski definition) is 3. The predicted molar refractivity (Wildman–Crippen MR) is 104 cm³/mol. The highest BCUT2D eigenvalue weighted by atomic mass is 16.5. The number of hydrogen-bond acceptors (Lipinski definition) is 5. The van der Waals surface area contributed by atoms with Gasteiger partial charge in [0.15, 0.2) is 0 Å². The SMILES string of the molecule is CC(C)c1ccc2[nH]c(C(C(C)C)N3C/C(=C/CC(=O)NO)N=N3)cc2c1. The molecular formula is C20H27N5O2. The van der Waals surface area contributed by atoms with E-state index >= 15 is 0 Å². The number of carbonyl (C=O) groups excluding carboxylic acids is 1. The molecule has 7 heteroatoms. The average molecular weight is 369 g/mol. The zero-order valence-corrected chi connectivity index (χ0v) is 16.2. The smallest absolute Gasteiger partial charge is 0.247 e. The molecule has 2 heterocycles. The van der Waals surface area contributed by atoms with Crippen LogP contribution in [0, 0.1) is 5.92 Å². The third-order valence-electron chi connectivity index (χ3n) is 4.86. The van der Waals surface area contributed by atoms with Crippen LogP contribution in [0.4, 0.5) is 0 Å². The first kappa shape index (κ1) is 19.1. The maximum Gasteiger partial charge on any atom is 0.247 e. The lowest BCUT2D eigenvalue weighted by atomic mass is 9.99. The van der Waals surface area contributed by atoms with Crippen molar-refractivity contribution in [1.29, 1.82) is 0 Å². The molecule has 1 aromatic carbocycles. The molecular weight excluding hydrogens is 342 g/mol. The Kier molecular flexibility index (Phi) is 5.60. The summed E-state index contributed by atoms with van der Waals surface area (Å²) in [6.07, 6.45) is 1.77. The molecule has 0 radical (unpaired) electrons. The number of aromatic amines is 1. The van der Waals surface area contributed by atoms with Crippen molar-refractivity contribution in [3.8, 4) is 0 Å². The van der Waals surface area contributed by atoms with Crippen LogP contribution in [0.25, 0.3) is 10.9 Å². The second-order valence-electron chi connectivity index (χ2n) is 7.64. The molecule has 144 valence electrons. The molecule has 0 saturated carbocycles. The second kappa shape index (κ2) is 7.92. The molecule has 1 aromatic heterocycles. The van der Waals surface area contributed by atoms with E-state index in [1.54, 1.807) is 11.6 Å². The number of amides is 1. The number of aromatic nitrogens is 1. The van der Waals surface area contributed by atoms with Gasteiger partial charge in [0.1, 0.15) is 0 Å². The molecule has 0 spiro atoms. The molecule has 3 rings (SSSR count). The van der Waals surface area contributed by atoms with Gasteiger partial charge in [-0.15, -0.1) is 5.11 Å². The molecule has 3 N–H and O–H groups in total. The summed E-state index contributed by atoms with van der Waals surface area (Å²) in [6, 6.07) is 8.79. The van der Waals surface area contributed by atoms with Crippen LogP contribution in [0.5, 0.6) is 0 Å². The average Bonchev–Trinajstić information content (AvgIpc) is 3.25. The summed E-state index contributed by atoms with van der Waals surface area (Å²) in [5, 5.41) is 20.2. The van der Waals surface area contributed by atoms with E-state index in [1.807, 2.05) is 5.01 Å². The van der Waals surface area contributed by atoms with Crippen molar-refractivity contribution in [3.63, 3.8) is 0 Å². The van der Waals surface area contributed by atoms with Crippen LogP contribution in [0.1, 0.15) is 57.3 Å². The fourth-order valence-electron chi connectivity index (χ4n) is 3.42.